The minimum absolute atomic E-state index is 0.180. The van der Waals surface area contributed by atoms with E-state index in [1.165, 1.54) is 34.1 Å². The van der Waals surface area contributed by atoms with Gasteiger partial charge in [-0.15, -0.1) is 0 Å². The molecule has 4 aromatic carbocycles. The van der Waals surface area contributed by atoms with Gasteiger partial charge in [-0.25, -0.2) is 0 Å². The Labute approximate surface area is 312 Å². The maximum absolute atomic E-state index is 13.1. The zero-order valence-electron chi connectivity index (χ0n) is 29.5. The monoisotopic (exact) mass is 757 g/mol. The third kappa shape index (κ3) is 11.0. The lowest BCUT2D eigenvalue weighted by Gasteiger charge is -2.20. The lowest BCUT2D eigenvalue weighted by atomic mass is 9.86. The summed E-state index contributed by atoms with van der Waals surface area (Å²) in [5, 5.41) is 0. The molecule has 272 valence electrons. The summed E-state index contributed by atoms with van der Waals surface area (Å²) in [6.07, 6.45) is 9.28. The average molecular weight is 758 g/mol. The molecule has 4 aromatic rings. The quantitative estimate of drug-likeness (QED) is 0.0522. The van der Waals surface area contributed by atoms with Crippen molar-refractivity contribution in [3.05, 3.63) is 170 Å². The smallest absolute Gasteiger partial charge is 0.295 e. The van der Waals surface area contributed by atoms with E-state index in [0.717, 1.165) is 59.9 Å². The maximum Gasteiger partial charge on any atom is 0.295 e. The van der Waals surface area contributed by atoms with Gasteiger partial charge in [0.25, 0.3) is 20.2 Å². The lowest BCUT2D eigenvalue weighted by Crippen LogP contribution is -2.13. The lowest BCUT2D eigenvalue weighted by molar-refractivity contribution is 0.184. The van der Waals surface area contributed by atoms with Gasteiger partial charge in [0.05, 0.1) is 12.4 Å². The van der Waals surface area contributed by atoms with Gasteiger partial charge < -0.3 is 4.74 Å². The zero-order valence-corrected chi connectivity index (χ0v) is 31.9. The molecule has 0 amide bonds. The van der Waals surface area contributed by atoms with E-state index in [4.69, 9.17) is 9.29 Å². The van der Waals surface area contributed by atoms with E-state index < -0.39 is 26.0 Å². The highest BCUT2D eigenvalue weighted by atomic mass is 32.2. The summed E-state index contributed by atoms with van der Waals surface area (Å²) in [7, 11) is -7.15. The minimum Gasteiger partial charge on any atom is -0.380 e. The molecule has 0 saturated heterocycles. The summed E-state index contributed by atoms with van der Waals surface area (Å²) in [5.41, 5.74) is 9.60. The highest BCUT2D eigenvalue weighted by molar-refractivity contribution is 7.90. The molecule has 5 rings (SSSR count). The summed E-state index contributed by atoms with van der Waals surface area (Å²) >= 11 is 1.25. The average Bonchev–Trinajstić information content (AvgIpc) is 3.13. The fourth-order valence-electron chi connectivity index (χ4n) is 6.44. The second-order valence-corrected chi connectivity index (χ2v) is 16.9. The van der Waals surface area contributed by atoms with Crippen LogP contribution in [0.15, 0.2) is 126 Å². The molecule has 7 nitrogen and oxygen atoms in total. The molecule has 0 spiro atoms. The van der Waals surface area contributed by atoms with Gasteiger partial charge in [0.15, 0.2) is 17.1 Å². The van der Waals surface area contributed by atoms with Crippen molar-refractivity contribution in [3.8, 4) is 0 Å². The Morgan fingerprint density at radius 1 is 0.692 bits per heavy atom. The van der Waals surface area contributed by atoms with Gasteiger partial charge in [0.2, 0.25) is 4.86 Å². The van der Waals surface area contributed by atoms with E-state index in [0.29, 0.717) is 28.4 Å². The van der Waals surface area contributed by atoms with Crippen molar-refractivity contribution in [2.75, 3.05) is 18.6 Å². The Hall–Kier alpha value is -4.03. The molecule has 52 heavy (non-hydrogen) atoms. The van der Waals surface area contributed by atoms with Gasteiger partial charge in [-0.05, 0) is 94.3 Å². The van der Waals surface area contributed by atoms with Gasteiger partial charge in [0.1, 0.15) is 4.91 Å². The highest BCUT2D eigenvalue weighted by Gasteiger charge is 2.28. The van der Waals surface area contributed by atoms with Crippen molar-refractivity contribution in [3.63, 3.8) is 0 Å². The van der Waals surface area contributed by atoms with E-state index >= 15 is 0 Å². The second kappa shape index (κ2) is 18.1. The summed E-state index contributed by atoms with van der Waals surface area (Å²) in [6.45, 7) is 2.48. The first-order valence-corrected chi connectivity index (χ1v) is 21.4. The highest BCUT2D eigenvalue weighted by Crippen LogP contribution is 2.37. The number of ether oxygens (including phenoxy) is 1. The third-order valence-corrected chi connectivity index (χ3v) is 11.8. The molecule has 0 unspecified atom stereocenters. The number of hydrogen-bond donors (Lipinski definition) is 2. The Morgan fingerprint density at radius 2 is 1.25 bits per heavy atom. The molecule has 0 fully saturated rings. The number of methoxy groups -OCH3 is 1. The van der Waals surface area contributed by atoms with E-state index in [1.54, 1.807) is 19.3 Å². The molecule has 0 saturated carbocycles. The molecule has 2 N–H and O–H groups in total. The summed E-state index contributed by atoms with van der Waals surface area (Å²) in [6, 6.07) is 33.0. The largest absolute Gasteiger partial charge is 0.380 e. The molecule has 1 aliphatic carbocycles. The SMILES string of the molecule is CCc1cc(C(=C2C=CC(=[S+]CCCS(=O)(=O)O)C=C2S(=O)(=O)O)c2ccc(CCc3ccccc3)c(COC)c2)ccc1CCc1ccccc1. The standard InChI is InChI=1S/C42H44O7S3/c1-3-33-27-36(21-19-34(33)17-15-31-11-6-4-7-12-31)42(37-22-20-35(38(28-37)30-49-2)18-16-32-13-8-5-9-14-32)40-24-23-39(29-41(40)52(46,47)48)50-25-10-26-51(43,44)45/h4-9,11-14,19-24,27-29H,3,10,15-18,25-26,30H2,1-2H3,(H-,43,44,45,46,47,48)/p+1. The van der Waals surface area contributed by atoms with Crippen LogP contribution in [0.5, 0.6) is 0 Å². The van der Waals surface area contributed by atoms with Crippen LogP contribution in [-0.4, -0.2) is 49.4 Å². The van der Waals surface area contributed by atoms with Crippen molar-refractivity contribution in [1.82, 2.24) is 0 Å². The first-order valence-electron chi connectivity index (χ1n) is 17.3. The second-order valence-electron chi connectivity index (χ2n) is 12.7. The topological polar surface area (TPSA) is 118 Å². The summed E-state index contributed by atoms with van der Waals surface area (Å²) < 4.78 is 73.9. The van der Waals surface area contributed by atoms with E-state index in [9.17, 15) is 21.4 Å². The van der Waals surface area contributed by atoms with Crippen molar-refractivity contribution in [2.45, 2.75) is 52.1 Å². The van der Waals surface area contributed by atoms with Gasteiger partial charge >= 0.3 is 0 Å². The first kappa shape index (κ1) is 39.2. The normalized spacial score (nSPS) is 15.2. The van der Waals surface area contributed by atoms with E-state index in [2.05, 4.69) is 55.5 Å². The van der Waals surface area contributed by atoms with Crippen LogP contribution in [-0.2, 0) is 75.0 Å². The molecule has 1 aliphatic rings. The van der Waals surface area contributed by atoms with Gasteiger partial charge in [-0.3, -0.25) is 9.11 Å². The van der Waals surface area contributed by atoms with Crippen LogP contribution in [0.25, 0.3) is 5.57 Å². The molecular weight excluding hydrogens is 713 g/mol. The molecule has 0 radical (unpaired) electrons. The van der Waals surface area contributed by atoms with E-state index in [1.807, 2.05) is 48.5 Å². The molecule has 0 aromatic heterocycles. The number of rotatable bonds is 16. The van der Waals surface area contributed by atoms with Crippen molar-refractivity contribution >= 4 is 42.0 Å². The molecule has 0 atom stereocenters. The third-order valence-electron chi connectivity index (χ3n) is 9.04. The van der Waals surface area contributed by atoms with Gasteiger partial charge in [-0.1, -0.05) is 97.9 Å². The van der Waals surface area contributed by atoms with Crippen molar-refractivity contribution in [2.24, 2.45) is 0 Å². The molecular formula is C42H45O7S3+. The predicted octanol–water partition coefficient (Wildman–Crippen LogP) is 7.64. The number of allylic oxidation sites excluding steroid dienone is 4. The van der Waals surface area contributed by atoms with Crippen LogP contribution < -0.4 is 0 Å². The molecule has 0 heterocycles. The first-order chi connectivity index (χ1) is 24.9. The van der Waals surface area contributed by atoms with Crippen molar-refractivity contribution < 1.29 is 30.7 Å². The zero-order chi connectivity index (χ0) is 37.1. The van der Waals surface area contributed by atoms with Crippen LogP contribution in [0.3, 0.4) is 0 Å². The van der Waals surface area contributed by atoms with Crippen LogP contribution >= 0.6 is 0 Å². The summed E-state index contributed by atoms with van der Waals surface area (Å²) in [4.78, 5) is 0.308. The Morgan fingerprint density at radius 3 is 1.77 bits per heavy atom. The Kier molecular flexibility index (Phi) is 13.7. The fourth-order valence-corrected chi connectivity index (χ4v) is 8.82. The molecule has 0 aliphatic heterocycles. The van der Waals surface area contributed by atoms with Crippen LogP contribution in [0, 0.1) is 0 Å². The minimum atomic E-state index is -4.70. The maximum atomic E-state index is 13.1. The van der Waals surface area contributed by atoms with E-state index in [-0.39, 0.29) is 11.3 Å². The van der Waals surface area contributed by atoms with Gasteiger partial charge in [0, 0.05) is 31.3 Å². The Bertz CT molecular complexity index is 2200. The fraction of sp³-hybridized carbons (Fsp3) is 0.262. The summed E-state index contributed by atoms with van der Waals surface area (Å²) in [5.74, 6) is -0.0663. The number of aryl methyl sites for hydroxylation is 5. The predicted molar refractivity (Wildman–Crippen MR) is 214 cm³/mol. The van der Waals surface area contributed by atoms with Crippen LogP contribution in [0.4, 0.5) is 0 Å². The number of hydrogen-bond acceptors (Lipinski definition) is 5. The van der Waals surface area contributed by atoms with Crippen LogP contribution in [0.1, 0.15) is 57.9 Å². The van der Waals surface area contributed by atoms with Crippen molar-refractivity contribution in [1.29, 1.82) is 0 Å². The van der Waals surface area contributed by atoms with Crippen LogP contribution in [0.2, 0.25) is 0 Å². The molecule has 0 bridgehead atoms. The van der Waals surface area contributed by atoms with Gasteiger partial charge in [-0.2, -0.15) is 16.8 Å². The number of benzene rings is 4. The molecule has 10 heteroatoms. The Balaban J connectivity index is 1.62.